The number of rotatable bonds is 5. The number of carbonyl (C=O) groups is 2. The van der Waals surface area contributed by atoms with Crippen LogP contribution >= 0.6 is 11.3 Å². The van der Waals surface area contributed by atoms with Gasteiger partial charge in [-0.1, -0.05) is 59.4 Å². The van der Waals surface area contributed by atoms with Crippen molar-refractivity contribution in [2.75, 3.05) is 19.1 Å². The molecule has 1 unspecified atom stereocenters. The number of amides is 1. The lowest BCUT2D eigenvalue weighted by molar-refractivity contribution is -0.132. The van der Waals surface area contributed by atoms with Crippen LogP contribution in [-0.2, 0) is 9.59 Å². The molecule has 182 valence electrons. The molecule has 1 aromatic heterocycles. The molecule has 3 aromatic carbocycles. The number of aliphatic hydroxyl groups excluding tert-OH is 1. The fourth-order valence-corrected chi connectivity index (χ4v) is 5.53. The lowest BCUT2D eigenvalue weighted by atomic mass is 9.94. The number of hydrogen-bond acceptors (Lipinski definition) is 7. The first-order chi connectivity index (χ1) is 17.3. The Hall–Kier alpha value is -4.17. The second kappa shape index (κ2) is 9.13. The molecule has 0 bridgehead atoms. The minimum atomic E-state index is -0.974. The molecule has 36 heavy (non-hydrogen) atoms. The van der Waals surface area contributed by atoms with Gasteiger partial charge in [0.05, 0.1) is 30.0 Å². The summed E-state index contributed by atoms with van der Waals surface area (Å²) in [5.41, 5.74) is 3.68. The lowest BCUT2D eigenvalue weighted by Crippen LogP contribution is -2.29. The molecular formula is C28H24N2O5S. The first-order valence-corrected chi connectivity index (χ1v) is 12.1. The predicted octanol–water partition coefficient (Wildman–Crippen LogP) is 5.56. The molecule has 1 amide bonds. The summed E-state index contributed by atoms with van der Waals surface area (Å²) in [6.07, 6.45) is 0. The topological polar surface area (TPSA) is 89.0 Å². The van der Waals surface area contributed by atoms with Gasteiger partial charge < -0.3 is 14.6 Å². The molecule has 1 N–H and O–H groups in total. The Labute approximate surface area is 212 Å². The molecule has 8 heteroatoms. The normalized spacial score (nSPS) is 17.1. The highest BCUT2D eigenvalue weighted by Crippen LogP contribution is 2.48. The Balaban J connectivity index is 1.79. The van der Waals surface area contributed by atoms with Gasteiger partial charge in [0, 0.05) is 11.1 Å². The van der Waals surface area contributed by atoms with Crippen LogP contribution in [-0.4, -0.2) is 36.0 Å². The van der Waals surface area contributed by atoms with Crippen molar-refractivity contribution in [1.29, 1.82) is 0 Å². The molecule has 5 rings (SSSR count). The van der Waals surface area contributed by atoms with E-state index in [1.54, 1.807) is 30.3 Å². The minimum absolute atomic E-state index is 0.0363. The van der Waals surface area contributed by atoms with Crippen molar-refractivity contribution in [3.8, 4) is 11.5 Å². The van der Waals surface area contributed by atoms with E-state index >= 15 is 0 Å². The van der Waals surface area contributed by atoms with Crippen LogP contribution in [0.15, 0.2) is 66.2 Å². The minimum Gasteiger partial charge on any atom is -0.507 e. The van der Waals surface area contributed by atoms with Gasteiger partial charge in [-0.05, 0) is 37.6 Å². The Morgan fingerprint density at radius 3 is 2.39 bits per heavy atom. The number of fused-ring (bicyclic) bond motifs is 1. The number of aromatic nitrogens is 1. The fourth-order valence-electron chi connectivity index (χ4n) is 4.44. The number of aliphatic hydroxyl groups is 1. The molecule has 1 saturated heterocycles. The molecule has 0 aliphatic carbocycles. The smallest absolute Gasteiger partial charge is 0.301 e. The van der Waals surface area contributed by atoms with Crippen molar-refractivity contribution in [3.05, 3.63) is 88.5 Å². The number of benzene rings is 3. The Bertz CT molecular complexity index is 1540. The first kappa shape index (κ1) is 23.6. The zero-order valence-corrected chi connectivity index (χ0v) is 21.1. The van der Waals surface area contributed by atoms with E-state index in [-0.39, 0.29) is 11.3 Å². The maximum atomic E-state index is 13.5. The van der Waals surface area contributed by atoms with E-state index in [1.807, 2.05) is 44.2 Å². The molecule has 0 spiro atoms. The number of para-hydroxylation sites is 1. The van der Waals surface area contributed by atoms with Crippen molar-refractivity contribution in [3.63, 3.8) is 0 Å². The van der Waals surface area contributed by atoms with Gasteiger partial charge in [0.15, 0.2) is 16.6 Å². The number of anilines is 1. The summed E-state index contributed by atoms with van der Waals surface area (Å²) in [4.78, 5) is 33.0. The molecule has 1 atom stereocenters. The van der Waals surface area contributed by atoms with E-state index in [9.17, 15) is 14.7 Å². The summed E-state index contributed by atoms with van der Waals surface area (Å²) in [6.45, 7) is 3.91. The monoisotopic (exact) mass is 500 g/mol. The van der Waals surface area contributed by atoms with Crippen molar-refractivity contribution < 1.29 is 24.2 Å². The zero-order chi connectivity index (χ0) is 25.6. The van der Waals surface area contributed by atoms with Crippen LogP contribution in [0.3, 0.4) is 0 Å². The second-order valence-corrected chi connectivity index (χ2v) is 9.59. The predicted molar refractivity (Wildman–Crippen MR) is 140 cm³/mol. The Morgan fingerprint density at radius 1 is 0.972 bits per heavy atom. The third-order valence-corrected chi connectivity index (χ3v) is 7.25. The summed E-state index contributed by atoms with van der Waals surface area (Å²) >= 11 is 1.31. The highest BCUT2D eigenvalue weighted by molar-refractivity contribution is 7.22. The molecule has 1 fully saturated rings. The second-order valence-electron chi connectivity index (χ2n) is 8.59. The molecule has 0 saturated carbocycles. The number of thiazole rings is 1. The van der Waals surface area contributed by atoms with E-state index in [2.05, 4.69) is 4.98 Å². The number of ketones is 1. The molecule has 0 radical (unpaired) electrons. The van der Waals surface area contributed by atoms with E-state index in [4.69, 9.17) is 9.47 Å². The zero-order valence-electron chi connectivity index (χ0n) is 20.2. The lowest BCUT2D eigenvalue weighted by Gasteiger charge is -2.25. The van der Waals surface area contributed by atoms with Crippen LogP contribution in [0.2, 0.25) is 0 Å². The number of aryl methyl sites for hydroxylation is 2. The van der Waals surface area contributed by atoms with Gasteiger partial charge in [-0.3, -0.25) is 14.5 Å². The van der Waals surface area contributed by atoms with Crippen LogP contribution < -0.4 is 14.4 Å². The third kappa shape index (κ3) is 3.79. The molecule has 1 aliphatic rings. The third-order valence-electron chi connectivity index (χ3n) is 6.24. The number of nitrogens with zero attached hydrogens (tertiary/aromatic N) is 2. The standard InChI is InChI=1S/C28H24N2O5S/c1-15-8-11-17(12-9-15)24(31)22-23(18-6-5-7-20(34-3)26(18)35-4)30(27(33)25(22)32)28-29-19-13-10-16(2)14-21(19)36-28/h5-14,23,31H,1-4H3/b24-22+. The SMILES string of the molecule is COc1cccc(C2/C(=C(\O)c3ccc(C)cc3)C(=O)C(=O)N2c2nc3ccc(C)cc3s2)c1OC. The van der Waals surface area contributed by atoms with Crippen LogP contribution in [0.1, 0.15) is 28.3 Å². The fraction of sp³-hybridized carbons (Fsp3) is 0.179. The first-order valence-electron chi connectivity index (χ1n) is 11.3. The van der Waals surface area contributed by atoms with Gasteiger partial charge in [-0.2, -0.15) is 0 Å². The van der Waals surface area contributed by atoms with Crippen LogP contribution in [0.5, 0.6) is 11.5 Å². The van der Waals surface area contributed by atoms with Crippen molar-refractivity contribution in [2.24, 2.45) is 0 Å². The van der Waals surface area contributed by atoms with E-state index < -0.39 is 17.7 Å². The van der Waals surface area contributed by atoms with Gasteiger partial charge in [0.2, 0.25) is 0 Å². The van der Waals surface area contributed by atoms with Crippen molar-refractivity contribution >= 4 is 44.1 Å². The van der Waals surface area contributed by atoms with Gasteiger partial charge in [0.1, 0.15) is 11.8 Å². The van der Waals surface area contributed by atoms with Crippen molar-refractivity contribution in [2.45, 2.75) is 19.9 Å². The maximum Gasteiger partial charge on any atom is 0.301 e. The summed E-state index contributed by atoms with van der Waals surface area (Å²) < 4.78 is 12.0. The Morgan fingerprint density at radius 2 is 1.69 bits per heavy atom. The number of carbonyl (C=O) groups excluding carboxylic acids is 2. The molecule has 2 heterocycles. The van der Waals surface area contributed by atoms with Gasteiger partial charge in [-0.25, -0.2) is 4.98 Å². The van der Waals surface area contributed by atoms with Crippen LogP contribution in [0.25, 0.3) is 16.0 Å². The van der Waals surface area contributed by atoms with Crippen LogP contribution in [0, 0.1) is 13.8 Å². The summed E-state index contributed by atoms with van der Waals surface area (Å²) in [5.74, 6) is -1.02. The summed E-state index contributed by atoms with van der Waals surface area (Å²) in [5, 5.41) is 11.7. The highest BCUT2D eigenvalue weighted by Gasteiger charge is 2.49. The van der Waals surface area contributed by atoms with Gasteiger partial charge in [0.25, 0.3) is 5.78 Å². The van der Waals surface area contributed by atoms with E-state index in [0.29, 0.717) is 27.8 Å². The molecule has 4 aromatic rings. The summed E-state index contributed by atoms with van der Waals surface area (Å²) in [6, 6.07) is 17.2. The maximum absolute atomic E-state index is 13.5. The average molecular weight is 501 g/mol. The number of ether oxygens (including phenoxy) is 2. The highest BCUT2D eigenvalue weighted by atomic mass is 32.1. The average Bonchev–Trinajstić information content (AvgIpc) is 3.40. The van der Waals surface area contributed by atoms with Gasteiger partial charge in [-0.15, -0.1) is 0 Å². The van der Waals surface area contributed by atoms with Crippen molar-refractivity contribution in [1.82, 2.24) is 4.98 Å². The number of methoxy groups -OCH3 is 2. The van der Waals surface area contributed by atoms with E-state index in [1.165, 1.54) is 30.5 Å². The molecule has 1 aliphatic heterocycles. The molecular weight excluding hydrogens is 476 g/mol. The quantitative estimate of drug-likeness (QED) is 0.219. The number of hydrogen-bond donors (Lipinski definition) is 1. The number of Topliss-reactive ketones (excluding diaryl/α,β-unsaturated/α-hetero) is 1. The van der Waals surface area contributed by atoms with E-state index in [0.717, 1.165) is 21.3 Å². The molecule has 7 nitrogen and oxygen atoms in total. The van der Waals surface area contributed by atoms with Crippen LogP contribution in [0.4, 0.5) is 5.13 Å². The van der Waals surface area contributed by atoms with Gasteiger partial charge >= 0.3 is 5.91 Å². The summed E-state index contributed by atoms with van der Waals surface area (Å²) in [7, 11) is 3.01. The Kier molecular flexibility index (Phi) is 5.97. The largest absolute Gasteiger partial charge is 0.507 e.